The van der Waals surface area contributed by atoms with Gasteiger partial charge in [0.05, 0.1) is 11.2 Å². The molecule has 0 aliphatic heterocycles. The minimum Gasteiger partial charge on any atom is -0.421 e. The Morgan fingerprint density at radius 2 is 1.62 bits per heavy atom. The maximum atomic E-state index is 5.76. The maximum absolute atomic E-state index is 5.76. The van der Waals surface area contributed by atoms with Crippen molar-refractivity contribution in [2.45, 2.75) is 90.1 Å². The molecular formula is C25H40BrNOSi. The third-order valence-corrected chi connectivity index (χ3v) is 7.17. The van der Waals surface area contributed by atoms with Crippen LogP contribution in [-0.2, 0) is 9.76 Å². The standard InChI is InChI=1S/C25H40BrNOSi/c1-25(2,3)23(12-10-8-6-7-9-11-17-28-29(4)5)21-14-13-20-15-16-22(19-26)27-24(20)18-21/h13-16,18,23,29H,6-12,17,19H2,1-5H3. The predicted octanol–water partition coefficient (Wildman–Crippen LogP) is 7.99. The van der Waals surface area contributed by atoms with E-state index in [0.717, 1.165) is 23.1 Å². The van der Waals surface area contributed by atoms with Crippen LogP contribution in [-0.4, -0.2) is 20.6 Å². The van der Waals surface area contributed by atoms with Crippen molar-refractivity contribution >= 4 is 35.9 Å². The minimum absolute atomic E-state index is 0.263. The number of hydrogen-bond donors (Lipinski definition) is 0. The fourth-order valence-corrected chi connectivity index (χ4v) is 4.99. The number of benzene rings is 1. The molecule has 1 heterocycles. The van der Waals surface area contributed by atoms with E-state index in [4.69, 9.17) is 9.41 Å². The van der Waals surface area contributed by atoms with Gasteiger partial charge in [0.15, 0.2) is 9.04 Å². The van der Waals surface area contributed by atoms with Gasteiger partial charge < -0.3 is 4.43 Å². The van der Waals surface area contributed by atoms with E-state index in [1.807, 2.05) is 0 Å². The van der Waals surface area contributed by atoms with Crippen molar-refractivity contribution in [2.24, 2.45) is 5.41 Å². The molecule has 4 heteroatoms. The summed E-state index contributed by atoms with van der Waals surface area (Å²) in [6, 6.07) is 11.2. The van der Waals surface area contributed by atoms with Crippen molar-refractivity contribution in [2.75, 3.05) is 6.61 Å². The number of unbranched alkanes of at least 4 members (excludes halogenated alkanes) is 5. The van der Waals surface area contributed by atoms with Crippen molar-refractivity contribution < 1.29 is 4.43 Å². The van der Waals surface area contributed by atoms with Crippen molar-refractivity contribution in [1.82, 2.24) is 4.98 Å². The van der Waals surface area contributed by atoms with E-state index in [1.165, 1.54) is 55.9 Å². The fraction of sp³-hybridized carbons (Fsp3) is 0.640. The molecule has 0 radical (unpaired) electrons. The van der Waals surface area contributed by atoms with Crippen LogP contribution >= 0.6 is 15.9 Å². The van der Waals surface area contributed by atoms with E-state index < -0.39 is 9.04 Å². The summed E-state index contributed by atoms with van der Waals surface area (Å²) in [6.07, 6.45) is 9.15. The van der Waals surface area contributed by atoms with E-state index in [1.54, 1.807) is 0 Å². The molecule has 0 bridgehead atoms. The molecule has 1 aromatic carbocycles. The Hall–Kier alpha value is -0.713. The van der Waals surface area contributed by atoms with Crippen molar-refractivity contribution in [1.29, 1.82) is 0 Å². The maximum Gasteiger partial charge on any atom is 0.170 e. The lowest BCUT2D eigenvalue weighted by Crippen LogP contribution is -2.18. The van der Waals surface area contributed by atoms with Crippen LogP contribution in [0.1, 0.15) is 82.9 Å². The van der Waals surface area contributed by atoms with Crippen LogP contribution in [0.2, 0.25) is 13.1 Å². The second-order valence-electron chi connectivity index (χ2n) is 9.64. The third kappa shape index (κ3) is 8.51. The molecule has 0 spiro atoms. The Morgan fingerprint density at radius 3 is 2.28 bits per heavy atom. The van der Waals surface area contributed by atoms with Crippen LogP contribution in [0.3, 0.4) is 0 Å². The molecule has 1 atom stereocenters. The molecule has 29 heavy (non-hydrogen) atoms. The van der Waals surface area contributed by atoms with Gasteiger partial charge in [0.2, 0.25) is 0 Å². The molecule has 0 saturated carbocycles. The third-order valence-electron chi connectivity index (χ3n) is 5.70. The second-order valence-corrected chi connectivity index (χ2v) is 12.6. The average Bonchev–Trinajstić information content (AvgIpc) is 2.67. The highest BCUT2D eigenvalue weighted by Gasteiger charge is 2.26. The zero-order chi connectivity index (χ0) is 21.3. The number of rotatable bonds is 12. The van der Waals surface area contributed by atoms with Crippen molar-refractivity contribution in [3.63, 3.8) is 0 Å². The van der Waals surface area contributed by atoms with Crippen molar-refractivity contribution in [3.8, 4) is 0 Å². The largest absolute Gasteiger partial charge is 0.421 e. The van der Waals surface area contributed by atoms with Gasteiger partial charge in [-0.3, -0.25) is 4.98 Å². The first-order chi connectivity index (χ1) is 13.8. The number of nitrogens with zero attached hydrogens (tertiary/aromatic N) is 1. The average molecular weight is 479 g/mol. The van der Waals surface area contributed by atoms with Gasteiger partial charge in [-0.15, -0.1) is 0 Å². The minimum atomic E-state index is -0.826. The van der Waals surface area contributed by atoms with Crippen LogP contribution in [0.25, 0.3) is 10.9 Å². The molecule has 2 nitrogen and oxygen atoms in total. The molecule has 0 aliphatic carbocycles. The quantitative estimate of drug-likeness (QED) is 0.175. The SMILES string of the molecule is C[SiH](C)OCCCCCCCCC(c1ccc2ccc(CBr)nc2c1)C(C)(C)C. The molecule has 2 aromatic rings. The monoisotopic (exact) mass is 477 g/mol. The summed E-state index contributed by atoms with van der Waals surface area (Å²) < 4.78 is 5.76. The van der Waals surface area contributed by atoms with E-state index >= 15 is 0 Å². The lowest BCUT2D eigenvalue weighted by Gasteiger charge is -2.31. The van der Waals surface area contributed by atoms with Crippen LogP contribution in [0, 0.1) is 5.41 Å². The summed E-state index contributed by atoms with van der Waals surface area (Å²) in [5, 5.41) is 2.04. The highest BCUT2D eigenvalue weighted by molar-refractivity contribution is 9.08. The first-order valence-electron chi connectivity index (χ1n) is 11.4. The summed E-state index contributed by atoms with van der Waals surface area (Å²) >= 11 is 3.53. The number of aromatic nitrogens is 1. The zero-order valence-electron chi connectivity index (χ0n) is 19.1. The summed E-state index contributed by atoms with van der Waals surface area (Å²) in [5.41, 5.74) is 3.93. The van der Waals surface area contributed by atoms with Crippen LogP contribution < -0.4 is 0 Å². The molecule has 0 saturated heterocycles. The molecule has 2 rings (SSSR count). The topological polar surface area (TPSA) is 22.1 Å². The number of alkyl halides is 1. The van der Waals surface area contributed by atoms with Gasteiger partial charge in [-0.25, -0.2) is 0 Å². The van der Waals surface area contributed by atoms with Gasteiger partial charge in [-0.2, -0.15) is 0 Å². The van der Waals surface area contributed by atoms with E-state index in [-0.39, 0.29) is 5.41 Å². The Morgan fingerprint density at radius 1 is 0.966 bits per heavy atom. The Bertz CT molecular complexity index is 741. The number of fused-ring (bicyclic) bond motifs is 1. The molecule has 0 fully saturated rings. The van der Waals surface area contributed by atoms with Gasteiger partial charge in [0.25, 0.3) is 0 Å². The van der Waals surface area contributed by atoms with E-state index in [2.05, 4.69) is 80.1 Å². The number of hydrogen-bond acceptors (Lipinski definition) is 2. The zero-order valence-corrected chi connectivity index (χ0v) is 21.9. The Balaban J connectivity index is 1.87. The van der Waals surface area contributed by atoms with E-state index in [0.29, 0.717) is 5.92 Å². The van der Waals surface area contributed by atoms with E-state index in [9.17, 15) is 0 Å². The summed E-state index contributed by atoms with van der Waals surface area (Å²) in [7, 11) is -0.826. The normalized spacial score (nSPS) is 13.3. The predicted molar refractivity (Wildman–Crippen MR) is 134 cm³/mol. The lowest BCUT2D eigenvalue weighted by molar-refractivity contribution is 0.295. The van der Waals surface area contributed by atoms with Crippen LogP contribution in [0.5, 0.6) is 0 Å². The number of pyridine rings is 1. The molecule has 0 aliphatic rings. The second kappa shape index (κ2) is 12.2. The molecule has 1 aromatic heterocycles. The molecule has 162 valence electrons. The molecule has 0 amide bonds. The summed E-state index contributed by atoms with van der Waals surface area (Å²) in [5.74, 6) is 0.575. The van der Waals surface area contributed by atoms with Gasteiger partial charge in [-0.05, 0) is 55.0 Å². The number of halogens is 1. The molecule has 1 unspecified atom stereocenters. The summed E-state index contributed by atoms with van der Waals surface area (Å²) in [4.78, 5) is 4.82. The fourth-order valence-electron chi connectivity index (χ4n) is 4.04. The molecule has 0 N–H and O–H groups in total. The Labute approximate surface area is 188 Å². The smallest absolute Gasteiger partial charge is 0.170 e. The van der Waals surface area contributed by atoms with Crippen LogP contribution in [0.4, 0.5) is 0 Å². The highest BCUT2D eigenvalue weighted by Crippen LogP contribution is 2.39. The van der Waals surface area contributed by atoms with Gasteiger partial charge in [-0.1, -0.05) is 87.0 Å². The van der Waals surface area contributed by atoms with Crippen LogP contribution in [0.15, 0.2) is 30.3 Å². The van der Waals surface area contributed by atoms with Gasteiger partial charge >= 0.3 is 0 Å². The van der Waals surface area contributed by atoms with Crippen molar-refractivity contribution in [3.05, 3.63) is 41.6 Å². The first kappa shape index (κ1) is 24.6. The first-order valence-corrected chi connectivity index (χ1v) is 15.3. The lowest BCUT2D eigenvalue weighted by atomic mass is 9.73. The summed E-state index contributed by atoms with van der Waals surface area (Å²) in [6.45, 7) is 12.6. The van der Waals surface area contributed by atoms with Gasteiger partial charge in [0.1, 0.15) is 0 Å². The molecular weight excluding hydrogens is 438 g/mol. The Kier molecular flexibility index (Phi) is 10.3. The van der Waals surface area contributed by atoms with Gasteiger partial charge in [0, 0.05) is 17.3 Å². The highest BCUT2D eigenvalue weighted by atomic mass is 79.9.